The van der Waals surface area contributed by atoms with E-state index in [0.29, 0.717) is 17.7 Å². The van der Waals surface area contributed by atoms with Gasteiger partial charge in [0.25, 0.3) is 0 Å². The molecule has 0 aliphatic carbocycles. The fraction of sp³-hybridized carbons (Fsp3) is 0.333. The average Bonchev–Trinajstić information content (AvgIpc) is 2.57. The Morgan fingerprint density at radius 3 is 2.35 bits per heavy atom. The Labute approximate surface area is 135 Å². The van der Waals surface area contributed by atoms with Gasteiger partial charge in [-0.2, -0.15) is 0 Å². The Hall–Kier alpha value is -2.56. The van der Waals surface area contributed by atoms with Crippen LogP contribution >= 0.6 is 0 Å². The van der Waals surface area contributed by atoms with E-state index in [-0.39, 0.29) is 11.3 Å². The SMILES string of the molecule is COC(=O)c1c(C)c(CCc2ccc(OC)cc2)nc(C)c1O. The second-order valence-corrected chi connectivity index (χ2v) is 5.33. The molecule has 1 heterocycles. The molecule has 0 amide bonds. The Kier molecular flexibility index (Phi) is 5.21. The van der Waals surface area contributed by atoms with Crippen LogP contribution in [-0.2, 0) is 17.6 Å². The first-order valence-electron chi connectivity index (χ1n) is 7.38. The van der Waals surface area contributed by atoms with Crippen molar-refractivity contribution < 1.29 is 19.4 Å². The molecule has 0 fully saturated rings. The second-order valence-electron chi connectivity index (χ2n) is 5.33. The van der Waals surface area contributed by atoms with Crippen molar-refractivity contribution in [3.63, 3.8) is 0 Å². The molecule has 5 heteroatoms. The fourth-order valence-electron chi connectivity index (χ4n) is 2.49. The largest absolute Gasteiger partial charge is 0.505 e. The van der Waals surface area contributed by atoms with Crippen molar-refractivity contribution in [2.75, 3.05) is 14.2 Å². The summed E-state index contributed by atoms with van der Waals surface area (Å²) in [7, 11) is 2.93. The van der Waals surface area contributed by atoms with Crippen molar-refractivity contribution in [2.24, 2.45) is 0 Å². The third-order valence-electron chi connectivity index (χ3n) is 3.89. The number of rotatable bonds is 5. The molecule has 0 atom stereocenters. The van der Waals surface area contributed by atoms with E-state index in [2.05, 4.69) is 4.98 Å². The molecule has 2 rings (SSSR count). The zero-order valence-corrected chi connectivity index (χ0v) is 13.8. The van der Waals surface area contributed by atoms with Crippen LogP contribution < -0.4 is 4.74 Å². The molecule has 0 spiro atoms. The number of benzene rings is 1. The van der Waals surface area contributed by atoms with Crippen LogP contribution in [0.25, 0.3) is 0 Å². The molecule has 5 nitrogen and oxygen atoms in total. The summed E-state index contributed by atoms with van der Waals surface area (Å²) in [6, 6.07) is 7.83. The van der Waals surface area contributed by atoms with Crippen molar-refractivity contribution in [1.82, 2.24) is 4.98 Å². The van der Waals surface area contributed by atoms with Gasteiger partial charge >= 0.3 is 5.97 Å². The summed E-state index contributed by atoms with van der Waals surface area (Å²) in [5, 5.41) is 10.1. The summed E-state index contributed by atoms with van der Waals surface area (Å²) < 4.78 is 9.90. The van der Waals surface area contributed by atoms with E-state index in [0.717, 1.165) is 23.4 Å². The van der Waals surface area contributed by atoms with E-state index < -0.39 is 5.97 Å². The van der Waals surface area contributed by atoms with Crippen LogP contribution in [-0.4, -0.2) is 30.3 Å². The number of aryl methyl sites for hydroxylation is 3. The lowest BCUT2D eigenvalue weighted by Gasteiger charge is -2.13. The van der Waals surface area contributed by atoms with Crippen molar-refractivity contribution in [2.45, 2.75) is 26.7 Å². The van der Waals surface area contributed by atoms with Gasteiger partial charge in [-0.15, -0.1) is 0 Å². The molecule has 0 bridgehead atoms. The maximum Gasteiger partial charge on any atom is 0.342 e. The van der Waals surface area contributed by atoms with E-state index in [9.17, 15) is 9.90 Å². The number of methoxy groups -OCH3 is 2. The molecule has 0 saturated carbocycles. The first-order chi connectivity index (χ1) is 11.0. The van der Waals surface area contributed by atoms with Crippen molar-refractivity contribution >= 4 is 5.97 Å². The molecule has 1 N–H and O–H groups in total. The van der Waals surface area contributed by atoms with E-state index in [1.165, 1.54) is 7.11 Å². The number of nitrogens with zero attached hydrogens (tertiary/aromatic N) is 1. The van der Waals surface area contributed by atoms with Crippen LogP contribution in [0, 0.1) is 13.8 Å². The van der Waals surface area contributed by atoms with Gasteiger partial charge in [0.15, 0.2) is 5.75 Å². The highest BCUT2D eigenvalue weighted by Gasteiger charge is 2.20. The maximum absolute atomic E-state index is 11.9. The summed E-state index contributed by atoms with van der Waals surface area (Å²) in [6.45, 7) is 3.46. The van der Waals surface area contributed by atoms with E-state index in [1.54, 1.807) is 21.0 Å². The predicted octanol–water partition coefficient (Wildman–Crippen LogP) is 2.98. The number of aromatic hydroxyl groups is 1. The third-order valence-corrected chi connectivity index (χ3v) is 3.89. The number of pyridine rings is 1. The number of carbonyl (C=O) groups excluding carboxylic acids is 1. The standard InChI is InChI=1S/C18H21NO4/c1-11-15(10-7-13-5-8-14(22-3)9-6-13)19-12(2)17(20)16(11)18(21)23-4/h5-6,8-9,20H,7,10H2,1-4H3. The minimum absolute atomic E-state index is 0.109. The summed E-state index contributed by atoms with van der Waals surface area (Å²) in [6.07, 6.45) is 1.45. The second kappa shape index (κ2) is 7.13. The zero-order valence-electron chi connectivity index (χ0n) is 13.8. The highest BCUT2D eigenvalue weighted by atomic mass is 16.5. The van der Waals surface area contributed by atoms with Gasteiger partial charge in [0.05, 0.1) is 19.9 Å². The average molecular weight is 315 g/mol. The van der Waals surface area contributed by atoms with Crippen molar-refractivity contribution in [3.05, 3.63) is 52.3 Å². The highest BCUT2D eigenvalue weighted by molar-refractivity contribution is 5.94. The lowest BCUT2D eigenvalue weighted by Crippen LogP contribution is -2.10. The minimum Gasteiger partial charge on any atom is -0.505 e. The molecule has 1 aromatic heterocycles. The third kappa shape index (κ3) is 3.62. The van der Waals surface area contributed by atoms with Gasteiger partial charge in [0.1, 0.15) is 11.3 Å². The van der Waals surface area contributed by atoms with Gasteiger partial charge in [0.2, 0.25) is 0 Å². The van der Waals surface area contributed by atoms with Crippen LogP contribution in [0.2, 0.25) is 0 Å². The molecule has 0 radical (unpaired) electrons. The van der Waals surface area contributed by atoms with Crippen LogP contribution in [0.1, 0.15) is 32.9 Å². The number of ether oxygens (including phenoxy) is 2. The van der Waals surface area contributed by atoms with E-state index in [1.807, 2.05) is 24.3 Å². The van der Waals surface area contributed by atoms with Gasteiger partial charge in [-0.3, -0.25) is 4.98 Å². The van der Waals surface area contributed by atoms with Crippen LogP contribution in [0.5, 0.6) is 11.5 Å². The topological polar surface area (TPSA) is 68.7 Å². The predicted molar refractivity (Wildman–Crippen MR) is 87.1 cm³/mol. The van der Waals surface area contributed by atoms with Crippen LogP contribution in [0.3, 0.4) is 0 Å². The highest BCUT2D eigenvalue weighted by Crippen LogP contribution is 2.27. The quantitative estimate of drug-likeness (QED) is 0.859. The summed E-state index contributed by atoms with van der Waals surface area (Å²) in [5.74, 6) is 0.162. The Bertz CT molecular complexity index is 708. The number of aromatic nitrogens is 1. The maximum atomic E-state index is 11.9. The number of carbonyl (C=O) groups is 1. The van der Waals surface area contributed by atoms with Crippen LogP contribution in [0.4, 0.5) is 0 Å². The number of esters is 1. The van der Waals surface area contributed by atoms with Gasteiger partial charge in [0, 0.05) is 5.69 Å². The van der Waals surface area contributed by atoms with Gasteiger partial charge in [-0.25, -0.2) is 4.79 Å². The van der Waals surface area contributed by atoms with Gasteiger partial charge < -0.3 is 14.6 Å². The van der Waals surface area contributed by atoms with Crippen LogP contribution in [0.15, 0.2) is 24.3 Å². The fourth-order valence-corrected chi connectivity index (χ4v) is 2.49. The molecular formula is C18H21NO4. The molecule has 0 unspecified atom stereocenters. The monoisotopic (exact) mass is 315 g/mol. The lowest BCUT2D eigenvalue weighted by atomic mass is 10.00. The van der Waals surface area contributed by atoms with Crippen molar-refractivity contribution in [3.8, 4) is 11.5 Å². The van der Waals surface area contributed by atoms with E-state index in [4.69, 9.17) is 9.47 Å². The summed E-state index contributed by atoms with van der Waals surface area (Å²) in [4.78, 5) is 16.3. The summed E-state index contributed by atoms with van der Waals surface area (Å²) >= 11 is 0. The van der Waals surface area contributed by atoms with Crippen molar-refractivity contribution in [1.29, 1.82) is 0 Å². The number of hydrogen-bond donors (Lipinski definition) is 1. The Morgan fingerprint density at radius 2 is 1.78 bits per heavy atom. The minimum atomic E-state index is -0.545. The molecular weight excluding hydrogens is 294 g/mol. The molecule has 0 aliphatic heterocycles. The summed E-state index contributed by atoms with van der Waals surface area (Å²) in [5.41, 5.74) is 3.23. The lowest BCUT2D eigenvalue weighted by molar-refractivity contribution is 0.0596. The first kappa shape index (κ1) is 16.8. The zero-order chi connectivity index (χ0) is 17.0. The smallest absolute Gasteiger partial charge is 0.342 e. The molecule has 1 aromatic carbocycles. The van der Waals surface area contributed by atoms with Gasteiger partial charge in [-0.1, -0.05) is 12.1 Å². The molecule has 0 aliphatic rings. The molecule has 23 heavy (non-hydrogen) atoms. The molecule has 2 aromatic rings. The number of hydrogen-bond acceptors (Lipinski definition) is 5. The molecule has 0 saturated heterocycles. The van der Waals surface area contributed by atoms with E-state index >= 15 is 0 Å². The van der Waals surface area contributed by atoms with Gasteiger partial charge in [-0.05, 0) is 49.9 Å². The Balaban J connectivity index is 2.25. The Morgan fingerprint density at radius 1 is 1.13 bits per heavy atom. The molecule has 122 valence electrons. The normalized spacial score (nSPS) is 10.4. The first-order valence-corrected chi connectivity index (χ1v) is 7.38.